The molecule has 1 N–H and O–H groups in total. The lowest BCUT2D eigenvalue weighted by Gasteiger charge is -2.18. The first kappa shape index (κ1) is 13.0. The van der Waals surface area contributed by atoms with Crippen LogP contribution in [0, 0.1) is 10.1 Å². The maximum Gasteiger partial charge on any atom is 0.389 e. The molecule has 1 aliphatic heterocycles. The molecule has 102 valence electrons. The van der Waals surface area contributed by atoms with Gasteiger partial charge in [0, 0.05) is 26.1 Å². The number of nitro groups is 1. The molecule has 0 aromatic carbocycles. The van der Waals surface area contributed by atoms with Crippen molar-refractivity contribution >= 4 is 17.6 Å². The number of amides is 2. The minimum absolute atomic E-state index is 0.0674. The monoisotopic (exact) mass is 267 g/mol. The van der Waals surface area contributed by atoms with Crippen molar-refractivity contribution < 1.29 is 14.5 Å². The summed E-state index contributed by atoms with van der Waals surface area (Å²) in [5.41, 5.74) is 0. The molecular formula is C10H13N5O4. The van der Waals surface area contributed by atoms with Gasteiger partial charge in [0.2, 0.25) is 11.8 Å². The van der Waals surface area contributed by atoms with E-state index in [9.17, 15) is 19.7 Å². The Kier molecular flexibility index (Phi) is 3.74. The summed E-state index contributed by atoms with van der Waals surface area (Å²) in [4.78, 5) is 34.5. The van der Waals surface area contributed by atoms with E-state index >= 15 is 0 Å². The van der Waals surface area contributed by atoms with Gasteiger partial charge in [0.05, 0.1) is 17.4 Å². The van der Waals surface area contributed by atoms with Crippen LogP contribution in [0.15, 0.2) is 12.3 Å². The van der Waals surface area contributed by atoms with Crippen molar-refractivity contribution in [3.8, 4) is 0 Å². The van der Waals surface area contributed by atoms with E-state index < -0.39 is 4.92 Å². The third-order valence-corrected chi connectivity index (χ3v) is 2.78. The molecular weight excluding hydrogens is 254 g/mol. The van der Waals surface area contributed by atoms with Crippen LogP contribution in [0.1, 0.15) is 6.42 Å². The third-order valence-electron chi connectivity index (χ3n) is 2.78. The molecule has 0 bridgehead atoms. The van der Waals surface area contributed by atoms with Crippen LogP contribution in [0.25, 0.3) is 0 Å². The van der Waals surface area contributed by atoms with Gasteiger partial charge in [-0.3, -0.25) is 9.59 Å². The standard InChI is InChI=1S/C10H13N5O4/c16-9-2-4-13(6-3-11-9)10(17)7-14-5-1-8(12-14)15(18)19/h1,5H,2-4,6-7H2,(H,11,16). The summed E-state index contributed by atoms with van der Waals surface area (Å²) in [6, 6.07) is 1.24. The van der Waals surface area contributed by atoms with E-state index in [1.165, 1.54) is 16.9 Å². The number of carbonyl (C=O) groups is 2. The van der Waals surface area contributed by atoms with E-state index in [1.807, 2.05) is 0 Å². The van der Waals surface area contributed by atoms with Crippen LogP contribution in [0.3, 0.4) is 0 Å². The average molecular weight is 267 g/mol. The van der Waals surface area contributed by atoms with E-state index in [0.29, 0.717) is 19.6 Å². The minimum Gasteiger partial charge on any atom is -0.358 e. The Morgan fingerprint density at radius 3 is 3.00 bits per heavy atom. The summed E-state index contributed by atoms with van der Waals surface area (Å²) in [5.74, 6) is -0.583. The van der Waals surface area contributed by atoms with E-state index in [2.05, 4.69) is 10.4 Å². The first-order valence-electron chi connectivity index (χ1n) is 5.78. The summed E-state index contributed by atoms with van der Waals surface area (Å²) in [5, 5.41) is 16.8. The molecule has 0 saturated carbocycles. The predicted molar refractivity (Wildman–Crippen MR) is 63.1 cm³/mol. The molecule has 9 heteroatoms. The van der Waals surface area contributed by atoms with Crippen LogP contribution in [0.2, 0.25) is 0 Å². The molecule has 2 amide bonds. The number of hydrogen-bond acceptors (Lipinski definition) is 5. The van der Waals surface area contributed by atoms with Crippen molar-refractivity contribution in [1.82, 2.24) is 20.0 Å². The maximum absolute atomic E-state index is 12.0. The summed E-state index contributed by atoms with van der Waals surface area (Å²) >= 11 is 0. The van der Waals surface area contributed by atoms with E-state index in [4.69, 9.17) is 0 Å². The van der Waals surface area contributed by atoms with Gasteiger partial charge in [0.1, 0.15) is 6.54 Å². The lowest BCUT2D eigenvalue weighted by atomic mass is 10.3. The number of aromatic nitrogens is 2. The molecule has 0 aliphatic carbocycles. The average Bonchev–Trinajstić information content (AvgIpc) is 2.71. The van der Waals surface area contributed by atoms with Crippen LogP contribution in [-0.4, -0.2) is 51.1 Å². The minimum atomic E-state index is -0.616. The lowest BCUT2D eigenvalue weighted by molar-refractivity contribution is -0.389. The fourth-order valence-corrected chi connectivity index (χ4v) is 1.79. The van der Waals surface area contributed by atoms with Gasteiger partial charge in [-0.05, 0) is 4.92 Å². The van der Waals surface area contributed by atoms with Crippen LogP contribution in [0.5, 0.6) is 0 Å². The molecule has 2 rings (SSSR count). The van der Waals surface area contributed by atoms with Crippen molar-refractivity contribution in [2.75, 3.05) is 19.6 Å². The second-order valence-electron chi connectivity index (χ2n) is 4.11. The van der Waals surface area contributed by atoms with E-state index in [-0.39, 0.29) is 30.6 Å². The Labute approximate surface area is 108 Å². The Hall–Kier alpha value is -2.45. The van der Waals surface area contributed by atoms with Gasteiger partial charge < -0.3 is 20.3 Å². The van der Waals surface area contributed by atoms with Crippen molar-refractivity contribution in [3.63, 3.8) is 0 Å². The maximum atomic E-state index is 12.0. The predicted octanol–water partition coefficient (Wildman–Crippen LogP) is -0.860. The molecule has 1 aromatic rings. The van der Waals surface area contributed by atoms with Crippen LogP contribution in [0.4, 0.5) is 5.82 Å². The summed E-state index contributed by atoms with van der Waals surface area (Å²) in [6.07, 6.45) is 1.66. The van der Waals surface area contributed by atoms with Crippen molar-refractivity contribution in [1.29, 1.82) is 0 Å². The second kappa shape index (κ2) is 5.46. The van der Waals surface area contributed by atoms with Gasteiger partial charge in [0.25, 0.3) is 0 Å². The Morgan fingerprint density at radius 2 is 2.32 bits per heavy atom. The zero-order chi connectivity index (χ0) is 13.8. The quantitative estimate of drug-likeness (QED) is 0.566. The topological polar surface area (TPSA) is 110 Å². The van der Waals surface area contributed by atoms with E-state index in [0.717, 1.165) is 0 Å². The summed E-state index contributed by atoms with van der Waals surface area (Å²) < 4.78 is 1.22. The fourth-order valence-electron chi connectivity index (χ4n) is 1.79. The van der Waals surface area contributed by atoms with Gasteiger partial charge >= 0.3 is 5.82 Å². The highest BCUT2D eigenvalue weighted by Gasteiger charge is 2.20. The van der Waals surface area contributed by atoms with Crippen LogP contribution in [-0.2, 0) is 16.1 Å². The van der Waals surface area contributed by atoms with Gasteiger partial charge in [-0.25, -0.2) is 0 Å². The molecule has 1 fully saturated rings. The van der Waals surface area contributed by atoms with Gasteiger partial charge in [-0.1, -0.05) is 0 Å². The van der Waals surface area contributed by atoms with Gasteiger partial charge in [-0.2, -0.15) is 4.68 Å². The van der Waals surface area contributed by atoms with Crippen molar-refractivity contribution in [2.24, 2.45) is 0 Å². The molecule has 0 radical (unpaired) electrons. The van der Waals surface area contributed by atoms with Crippen LogP contribution < -0.4 is 5.32 Å². The normalized spacial score (nSPS) is 15.8. The number of rotatable bonds is 3. The first-order valence-corrected chi connectivity index (χ1v) is 5.78. The van der Waals surface area contributed by atoms with Gasteiger partial charge in [-0.15, -0.1) is 0 Å². The highest BCUT2D eigenvalue weighted by atomic mass is 16.6. The Bertz CT molecular complexity index is 512. The number of nitrogens with zero attached hydrogens (tertiary/aromatic N) is 4. The molecule has 9 nitrogen and oxygen atoms in total. The fraction of sp³-hybridized carbons (Fsp3) is 0.500. The molecule has 1 saturated heterocycles. The Morgan fingerprint density at radius 1 is 1.53 bits per heavy atom. The SMILES string of the molecule is O=C1CCN(C(=O)Cn2ccc([N+](=O)[O-])n2)CCN1. The molecule has 1 aliphatic rings. The smallest absolute Gasteiger partial charge is 0.358 e. The zero-order valence-electron chi connectivity index (χ0n) is 10.1. The largest absolute Gasteiger partial charge is 0.389 e. The molecule has 1 aromatic heterocycles. The number of carbonyl (C=O) groups excluding carboxylic acids is 2. The summed E-state index contributed by atoms with van der Waals surface area (Å²) in [7, 11) is 0. The van der Waals surface area contributed by atoms with Gasteiger partial charge in [0.15, 0.2) is 0 Å². The number of nitrogens with one attached hydrogen (secondary N) is 1. The second-order valence-corrected chi connectivity index (χ2v) is 4.11. The van der Waals surface area contributed by atoms with Crippen molar-refractivity contribution in [3.05, 3.63) is 22.4 Å². The molecule has 0 atom stereocenters. The highest BCUT2D eigenvalue weighted by molar-refractivity contribution is 5.80. The highest BCUT2D eigenvalue weighted by Crippen LogP contribution is 2.06. The lowest BCUT2D eigenvalue weighted by Crippen LogP contribution is -2.36. The summed E-state index contributed by atoms with van der Waals surface area (Å²) in [6.45, 7) is 1.15. The molecule has 0 unspecified atom stereocenters. The number of hydrogen-bond donors (Lipinski definition) is 1. The third kappa shape index (κ3) is 3.27. The van der Waals surface area contributed by atoms with Crippen LogP contribution >= 0.6 is 0 Å². The first-order chi connectivity index (χ1) is 9.06. The molecule has 0 spiro atoms. The van der Waals surface area contributed by atoms with Crippen molar-refractivity contribution in [2.45, 2.75) is 13.0 Å². The van der Waals surface area contributed by atoms with E-state index in [1.54, 1.807) is 4.90 Å². The molecule has 19 heavy (non-hydrogen) atoms. The molecule has 2 heterocycles. The Balaban J connectivity index is 1.95. The zero-order valence-corrected chi connectivity index (χ0v) is 10.1.